The van der Waals surface area contributed by atoms with Crippen LogP contribution in [0.4, 0.5) is 0 Å². The van der Waals surface area contributed by atoms with Gasteiger partial charge in [0, 0.05) is 5.92 Å². The fourth-order valence-electron chi connectivity index (χ4n) is 6.06. The molecule has 0 fully saturated rings. The summed E-state index contributed by atoms with van der Waals surface area (Å²) in [7, 11) is 0. The molecule has 0 heterocycles. The van der Waals surface area contributed by atoms with Crippen LogP contribution >= 0.6 is 0 Å². The molecule has 190 valence electrons. The predicted molar refractivity (Wildman–Crippen MR) is 160 cm³/mol. The lowest BCUT2D eigenvalue weighted by atomic mass is 9.73. The molecule has 0 spiro atoms. The van der Waals surface area contributed by atoms with E-state index in [-0.39, 0.29) is 0 Å². The Bertz CT molecular complexity index is 1220. The van der Waals surface area contributed by atoms with E-state index < -0.39 is 0 Å². The lowest BCUT2D eigenvalue weighted by Crippen LogP contribution is -2.18. The van der Waals surface area contributed by atoms with E-state index in [9.17, 15) is 0 Å². The summed E-state index contributed by atoms with van der Waals surface area (Å²) in [5, 5.41) is 2.59. The summed E-state index contributed by atoms with van der Waals surface area (Å²) in [6, 6.07) is 20.6. The Morgan fingerprint density at radius 2 is 1.72 bits per heavy atom. The quantitative estimate of drug-likeness (QED) is 0.201. The maximum Gasteiger partial charge on any atom is 0.00518 e. The predicted octanol–water partition coefficient (Wildman–Crippen LogP) is 10.5. The first-order valence-electron chi connectivity index (χ1n) is 14.3. The molecule has 0 saturated heterocycles. The summed E-state index contributed by atoms with van der Waals surface area (Å²) in [6.45, 7) is 16.4. The van der Waals surface area contributed by atoms with E-state index in [1.54, 1.807) is 16.7 Å². The minimum atomic E-state index is 0.511. The number of fused-ring (bicyclic) bond motifs is 1. The molecule has 36 heavy (non-hydrogen) atoms. The van der Waals surface area contributed by atoms with E-state index in [1.165, 1.54) is 71.6 Å². The molecule has 0 radical (unpaired) electrons. The highest BCUT2D eigenvalue weighted by atomic mass is 14.3. The zero-order valence-corrected chi connectivity index (χ0v) is 23.4. The third kappa shape index (κ3) is 6.39. The van der Waals surface area contributed by atoms with Crippen LogP contribution in [0.25, 0.3) is 16.3 Å². The Morgan fingerprint density at radius 1 is 0.972 bits per heavy atom. The summed E-state index contributed by atoms with van der Waals surface area (Å²) < 4.78 is 0. The van der Waals surface area contributed by atoms with Crippen molar-refractivity contribution in [1.29, 1.82) is 0 Å². The normalized spacial score (nSPS) is 18.0. The number of aryl methyl sites for hydroxylation is 1. The van der Waals surface area contributed by atoms with Gasteiger partial charge in [-0.1, -0.05) is 107 Å². The first-order valence-corrected chi connectivity index (χ1v) is 14.3. The van der Waals surface area contributed by atoms with E-state index >= 15 is 0 Å². The van der Waals surface area contributed by atoms with Gasteiger partial charge in [0.15, 0.2) is 0 Å². The van der Waals surface area contributed by atoms with E-state index in [0.717, 1.165) is 12.8 Å². The number of unbranched alkanes of at least 4 members (excludes halogenated alkanes) is 2. The molecule has 0 nitrogen and oxygen atoms in total. The van der Waals surface area contributed by atoms with Gasteiger partial charge < -0.3 is 0 Å². The van der Waals surface area contributed by atoms with Gasteiger partial charge in [-0.05, 0) is 108 Å². The summed E-state index contributed by atoms with van der Waals surface area (Å²) >= 11 is 0. The average Bonchev–Trinajstić information content (AvgIpc) is 2.85. The molecule has 0 aliphatic heterocycles. The van der Waals surface area contributed by atoms with Gasteiger partial charge in [0.05, 0.1) is 0 Å². The molecule has 2 unspecified atom stereocenters. The number of allylic oxidation sites excluding steroid dienone is 3. The van der Waals surface area contributed by atoms with Crippen LogP contribution in [0.2, 0.25) is 0 Å². The molecule has 0 heteroatoms. The summed E-state index contributed by atoms with van der Waals surface area (Å²) in [5.74, 6) is 1.84. The summed E-state index contributed by atoms with van der Waals surface area (Å²) in [5.41, 5.74) is 10.3. The Hall–Kier alpha value is -2.60. The van der Waals surface area contributed by atoms with Crippen molar-refractivity contribution in [2.24, 2.45) is 11.8 Å². The molecule has 0 saturated carbocycles. The molecule has 3 aromatic rings. The molecule has 1 aliphatic rings. The molecular formula is C36H46. The zero-order valence-electron chi connectivity index (χ0n) is 23.4. The maximum atomic E-state index is 4.63. The Kier molecular flexibility index (Phi) is 8.89. The molecule has 0 amide bonds. The van der Waals surface area contributed by atoms with Crippen LogP contribution in [0.15, 0.2) is 72.8 Å². The molecule has 2 atom stereocenters. The minimum Gasteiger partial charge on any atom is -0.0949 e. The fraction of sp³-hybridized carbons (Fsp3) is 0.444. The van der Waals surface area contributed by atoms with Crippen molar-refractivity contribution in [2.75, 3.05) is 0 Å². The smallest absolute Gasteiger partial charge is 0.00518 e. The van der Waals surface area contributed by atoms with Crippen LogP contribution in [0, 0.1) is 11.8 Å². The molecule has 4 rings (SSSR count). The van der Waals surface area contributed by atoms with Crippen molar-refractivity contribution in [3.8, 4) is 0 Å². The molecule has 0 aromatic heterocycles. The van der Waals surface area contributed by atoms with E-state index in [0.29, 0.717) is 17.8 Å². The van der Waals surface area contributed by atoms with Gasteiger partial charge >= 0.3 is 0 Å². The molecule has 3 aromatic carbocycles. The minimum absolute atomic E-state index is 0.511. The van der Waals surface area contributed by atoms with E-state index in [1.807, 2.05) is 0 Å². The number of hydrogen-bond acceptors (Lipinski definition) is 0. The highest BCUT2D eigenvalue weighted by molar-refractivity contribution is 5.86. The third-order valence-electron chi connectivity index (χ3n) is 8.07. The van der Waals surface area contributed by atoms with E-state index in [4.69, 9.17) is 0 Å². The van der Waals surface area contributed by atoms with Gasteiger partial charge in [-0.25, -0.2) is 0 Å². The summed E-state index contributed by atoms with van der Waals surface area (Å²) in [6.07, 6.45) is 12.2. The highest BCUT2D eigenvalue weighted by Gasteiger charge is 2.27. The van der Waals surface area contributed by atoms with Gasteiger partial charge in [0.2, 0.25) is 0 Å². The van der Waals surface area contributed by atoms with Gasteiger partial charge in [0.25, 0.3) is 0 Å². The topological polar surface area (TPSA) is 0 Å². The molecular weight excluding hydrogens is 432 g/mol. The second-order valence-corrected chi connectivity index (χ2v) is 11.8. The van der Waals surface area contributed by atoms with Crippen molar-refractivity contribution < 1.29 is 0 Å². The zero-order chi connectivity index (χ0) is 25.7. The van der Waals surface area contributed by atoms with Crippen LogP contribution in [0.1, 0.15) is 100 Å². The number of hydrogen-bond donors (Lipinski definition) is 0. The van der Waals surface area contributed by atoms with Gasteiger partial charge in [-0.3, -0.25) is 0 Å². The maximum absolute atomic E-state index is 4.63. The first kappa shape index (κ1) is 26.5. The van der Waals surface area contributed by atoms with Crippen LogP contribution < -0.4 is 0 Å². The summed E-state index contributed by atoms with van der Waals surface area (Å²) in [4.78, 5) is 0. The number of rotatable bonds is 10. The van der Waals surface area contributed by atoms with Crippen LogP contribution in [0.5, 0.6) is 0 Å². The van der Waals surface area contributed by atoms with Crippen molar-refractivity contribution >= 4 is 16.3 Å². The van der Waals surface area contributed by atoms with Gasteiger partial charge in [-0.15, -0.1) is 0 Å². The second-order valence-electron chi connectivity index (χ2n) is 11.8. The average molecular weight is 479 g/mol. The molecule has 0 N–H and O–H groups in total. The van der Waals surface area contributed by atoms with Crippen LogP contribution in [-0.2, 0) is 19.3 Å². The number of benzene rings is 3. The van der Waals surface area contributed by atoms with Crippen molar-refractivity contribution in [3.05, 3.63) is 101 Å². The Morgan fingerprint density at radius 3 is 2.47 bits per heavy atom. The second kappa shape index (κ2) is 12.1. The van der Waals surface area contributed by atoms with Crippen molar-refractivity contribution in [3.63, 3.8) is 0 Å². The van der Waals surface area contributed by atoms with Gasteiger partial charge in [-0.2, -0.15) is 0 Å². The van der Waals surface area contributed by atoms with Gasteiger partial charge in [0.1, 0.15) is 0 Å². The standard InChI is InChI=1S/C36H46/c1-7-8-9-12-29-22-33(19-25(2)3)36(35-20-26(4)15-16-27(35)5)34(23-29)21-28(6)31-18-17-30-13-10-11-14-32(30)24-31/h10-11,13-14,17-18,20,22-25,27,35H,6-9,12,15-16,19,21H2,1-5H3. The lowest BCUT2D eigenvalue weighted by Gasteiger charge is -2.32. The van der Waals surface area contributed by atoms with Crippen molar-refractivity contribution in [2.45, 2.75) is 91.9 Å². The SMILES string of the molecule is C=C(Cc1cc(CCCCC)cc(CC(C)C)c1C1C=C(C)CCC1C)c1ccc2ccccc2c1. The van der Waals surface area contributed by atoms with Crippen LogP contribution in [0.3, 0.4) is 0 Å². The largest absolute Gasteiger partial charge is 0.0949 e. The fourth-order valence-corrected chi connectivity index (χ4v) is 6.06. The third-order valence-corrected chi connectivity index (χ3v) is 8.07. The lowest BCUT2D eigenvalue weighted by molar-refractivity contribution is 0.453. The Balaban J connectivity index is 1.78. The van der Waals surface area contributed by atoms with E-state index in [2.05, 4.69) is 102 Å². The monoisotopic (exact) mass is 478 g/mol. The Labute approximate surface area is 220 Å². The molecule has 1 aliphatic carbocycles. The van der Waals surface area contributed by atoms with Crippen LogP contribution in [-0.4, -0.2) is 0 Å². The molecule has 0 bridgehead atoms. The van der Waals surface area contributed by atoms with Crippen molar-refractivity contribution in [1.82, 2.24) is 0 Å². The highest BCUT2D eigenvalue weighted by Crippen LogP contribution is 2.41. The first-order chi connectivity index (χ1) is 17.4.